The van der Waals surface area contributed by atoms with Crippen LogP contribution in [0.2, 0.25) is 0 Å². The second-order valence-corrected chi connectivity index (χ2v) is 15.8. The Morgan fingerprint density at radius 2 is 1.76 bits per heavy atom. The summed E-state index contributed by atoms with van der Waals surface area (Å²) < 4.78 is 28.4. The molecule has 1 aromatic carbocycles. The fourth-order valence-corrected chi connectivity index (χ4v) is 9.05. The van der Waals surface area contributed by atoms with Gasteiger partial charge in [0.1, 0.15) is 11.9 Å². The number of piperidine rings is 2. The normalized spacial score (nSPS) is 22.0. The Kier molecular flexibility index (Phi) is 11.0. The number of likely N-dealkylation sites (tertiary alicyclic amines) is 1. The molecule has 6 rings (SSSR count). The number of anilines is 2. The lowest BCUT2D eigenvalue weighted by atomic mass is 9.96. The van der Waals surface area contributed by atoms with E-state index < -0.39 is 33.9 Å². The fourth-order valence-electron chi connectivity index (χ4n) is 7.50. The van der Waals surface area contributed by atoms with Crippen LogP contribution in [0.3, 0.4) is 0 Å². The number of aryl methyl sites for hydroxylation is 2. The van der Waals surface area contributed by atoms with Crippen LogP contribution >= 0.6 is 0 Å². The number of aromatic nitrogens is 1. The molecule has 0 bridgehead atoms. The highest BCUT2D eigenvalue weighted by atomic mass is 32.2. The van der Waals surface area contributed by atoms with Crippen molar-refractivity contribution < 1.29 is 27.9 Å². The van der Waals surface area contributed by atoms with Crippen molar-refractivity contribution in [3.8, 4) is 0 Å². The number of likely N-dealkylation sites (N-methyl/N-ethyl adjacent to an activating group) is 1. The van der Waals surface area contributed by atoms with Crippen molar-refractivity contribution in [2.24, 2.45) is 11.8 Å². The van der Waals surface area contributed by atoms with E-state index >= 15 is 0 Å². The van der Waals surface area contributed by atoms with E-state index in [9.17, 15) is 27.9 Å². The molecule has 14 heteroatoms. The number of sulfonamides is 1. The zero-order valence-electron chi connectivity index (χ0n) is 28.3. The topological polar surface area (TPSA) is 164 Å². The van der Waals surface area contributed by atoms with Gasteiger partial charge in [0, 0.05) is 57.7 Å². The monoisotopic (exact) mass is 695 g/mol. The molecule has 4 aliphatic rings. The second kappa shape index (κ2) is 15.4. The molecule has 2 aromatic rings. The molecule has 4 aliphatic heterocycles. The van der Waals surface area contributed by atoms with Gasteiger partial charge in [-0.25, -0.2) is 18.2 Å². The maximum Gasteiger partial charge on any atom is 0.328 e. The summed E-state index contributed by atoms with van der Waals surface area (Å²) in [6, 6.07) is 8.12. The van der Waals surface area contributed by atoms with Crippen LogP contribution < -0.4 is 20.9 Å². The number of aliphatic carboxylic acids is 1. The van der Waals surface area contributed by atoms with Gasteiger partial charge < -0.3 is 30.9 Å². The maximum absolute atomic E-state index is 13.5. The quantitative estimate of drug-likeness (QED) is 0.258. The average Bonchev–Trinajstić information content (AvgIpc) is 3.49. The molecule has 4 N–H and O–H groups in total. The van der Waals surface area contributed by atoms with Gasteiger partial charge >= 0.3 is 5.97 Å². The molecule has 266 valence electrons. The summed E-state index contributed by atoms with van der Waals surface area (Å²) >= 11 is 0. The first-order chi connectivity index (χ1) is 23.6. The number of nitrogens with zero attached hydrogens (tertiary/aromatic N) is 4. The summed E-state index contributed by atoms with van der Waals surface area (Å²) in [6.45, 7) is 4.17. The number of pyridine rings is 1. The van der Waals surface area contributed by atoms with Crippen LogP contribution in [0.25, 0.3) is 0 Å². The molecule has 2 amide bonds. The number of fused-ring (bicyclic) bond motifs is 2. The standard InChI is InChI=1S/C35H49N7O6S/c1-40-19-14-24-11-13-29(20-31(24)40)49(47,48)42-18-4-8-27(23-42)34(44)39-30(35(45)46)21-37-33(43)26-7-3-16-41(22-26)17-5-9-28-12-10-25-6-2-15-36-32(25)38-28/h10-13,20,26-27,30H,2-9,14-19,21-23H2,1H3,(H,36,38)(H,37,43)(H,39,44)(H,45,46)/t26-,27-,30+/m1/s1. The highest BCUT2D eigenvalue weighted by Gasteiger charge is 2.36. The number of hydrogen-bond donors (Lipinski definition) is 4. The van der Waals surface area contributed by atoms with E-state index in [-0.39, 0.29) is 36.4 Å². The van der Waals surface area contributed by atoms with Crippen LogP contribution in [0, 0.1) is 11.8 Å². The number of carboxylic acid groups (broad SMARTS) is 1. The number of nitrogens with one attached hydrogen (secondary N) is 3. The highest BCUT2D eigenvalue weighted by molar-refractivity contribution is 7.89. The Morgan fingerprint density at radius 1 is 0.980 bits per heavy atom. The summed E-state index contributed by atoms with van der Waals surface area (Å²) in [5.41, 5.74) is 4.35. The van der Waals surface area contributed by atoms with E-state index in [1.807, 2.05) is 18.0 Å². The molecular weight excluding hydrogens is 646 g/mol. The zero-order valence-corrected chi connectivity index (χ0v) is 29.1. The van der Waals surface area contributed by atoms with Gasteiger partial charge in [-0.3, -0.25) is 9.59 Å². The molecule has 0 radical (unpaired) electrons. The minimum absolute atomic E-state index is 0.0306. The van der Waals surface area contributed by atoms with Crippen molar-refractivity contribution in [3.05, 3.63) is 47.2 Å². The van der Waals surface area contributed by atoms with E-state index in [0.717, 1.165) is 93.9 Å². The Balaban J connectivity index is 0.967. The van der Waals surface area contributed by atoms with Gasteiger partial charge in [-0.05, 0) is 100 Å². The van der Waals surface area contributed by atoms with E-state index in [0.29, 0.717) is 19.4 Å². The van der Waals surface area contributed by atoms with Gasteiger partial charge in [0.15, 0.2) is 0 Å². The highest BCUT2D eigenvalue weighted by Crippen LogP contribution is 2.32. The maximum atomic E-state index is 13.5. The molecule has 5 heterocycles. The summed E-state index contributed by atoms with van der Waals surface area (Å²) in [7, 11) is -1.90. The zero-order chi connectivity index (χ0) is 34.5. The van der Waals surface area contributed by atoms with E-state index in [1.54, 1.807) is 12.1 Å². The third kappa shape index (κ3) is 8.35. The van der Waals surface area contributed by atoms with Crippen molar-refractivity contribution in [3.63, 3.8) is 0 Å². The van der Waals surface area contributed by atoms with Crippen molar-refractivity contribution in [1.82, 2.24) is 24.8 Å². The third-order valence-corrected chi connectivity index (χ3v) is 12.3. The number of carbonyl (C=O) groups is 3. The first-order valence-electron chi connectivity index (χ1n) is 17.7. The van der Waals surface area contributed by atoms with Gasteiger partial charge in [-0.15, -0.1) is 0 Å². The number of amides is 2. The minimum atomic E-state index is -3.84. The van der Waals surface area contributed by atoms with Crippen molar-refractivity contribution in [2.45, 2.75) is 68.7 Å². The van der Waals surface area contributed by atoms with Crippen LogP contribution in [0.5, 0.6) is 0 Å². The number of benzene rings is 1. The van der Waals surface area contributed by atoms with Gasteiger partial charge in [0.2, 0.25) is 21.8 Å². The van der Waals surface area contributed by atoms with Crippen molar-refractivity contribution >= 4 is 39.3 Å². The SMILES string of the molecule is CN1CCc2ccc(S(=O)(=O)N3CCC[C@@H](C(=O)N[C@@H](CNC(=O)[C@@H]4CCCN(CCCc5ccc6c(n5)NCCC6)C4)C(=O)O)C3)cc21. The third-order valence-electron chi connectivity index (χ3n) is 10.4. The number of carbonyl (C=O) groups excluding carboxylic acids is 2. The molecule has 0 spiro atoms. The summed E-state index contributed by atoms with van der Waals surface area (Å²) in [5, 5.41) is 18.6. The Labute approximate surface area is 288 Å². The lowest BCUT2D eigenvalue weighted by Crippen LogP contribution is -2.53. The largest absolute Gasteiger partial charge is 0.480 e. The smallest absolute Gasteiger partial charge is 0.328 e. The number of carboxylic acids is 1. The van der Waals surface area contributed by atoms with E-state index in [2.05, 4.69) is 33.0 Å². The van der Waals surface area contributed by atoms with Crippen LogP contribution in [0.15, 0.2) is 35.2 Å². The average molecular weight is 696 g/mol. The number of hydrogen-bond acceptors (Lipinski definition) is 9. The predicted molar refractivity (Wildman–Crippen MR) is 186 cm³/mol. The lowest BCUT2D eigenvalue weighted by Gasteiger charge is -2.33. The van der Waals surface area contributed by atoms with Crippen molar-refractivity contribution in [1.29, 1.82) is 0 Å². The fraction of sp³-hybridized carbons (Fsp3) is 0.600. The first kappa shape index (κ1) is 35.1. The minimum Gasteiger partial charge on any atom is -0.480 e. The van der Waals surface area contributed by atoms with Gasteiger partial charge in [0.25, 0.3) is 0 Å². The van der Waals surface area contributed by atoms with Crippen molar-refractivity contribution in [2.75, 3.05) is 69.6 Å². The van der Waals surface area contributed by atoms with E-state index in [1.165, 1.54) is 9.87 Å². The molecule has 49 heavy (non-hydrogen) atoms. The molecule has 1 aromatic heterocycles. The lowest BCUT2D eigenvalue weighted by molar-refractivity contribution is -0.142. The van der Waals surface area contributed by atoms with Crippen LogP contribution in [-0.2, 0) is 43.7 Å². The second-order valence-electron chi connectivity index (χ2n) is 13.9. The Hall–Kier alpha value is -3.75. The molecule has 3 atom stereocenters. The van der Waals surface area contributed by atoms with Gasteiger partial charge in [-0.1, -0.05) is 12.1 Å². The molecule has 0 unspecified atom stereocenters. The molecule has 2 saturated heterocycles. The molecule has 13 nitrogen and oxygen atoms in total. The molecule has 2 fully saturated rings. The molecular formula is C35H49N7O6S. The summed E-state index contributed by atoms with van der Waals surface area (Å²) in [5.74, 6) is -1.96. The number of rotatable bonds is 12. The van der Waals surface area contributed by atoms with Gasteiger partial charge in [0.05, 0.1) is 16.7 Å². The Bertz CT molecular complexity index is 1650. The summed E-state index contributed by atoms with van der Waals surface area (Å²) in [6.07, 6.45) is 7.38. The molecule has 0 aliphatic carbocycles. The van der Waals surface area contributed by atoms with Gasteiger partial charge in [-0.2, -0.15) is 4.31 Å². The molecule has 0 saturated carbocycles. The first-order valence-corrected chi connectivity index (χ1v) is 19.1. The predicted octanol–water partition coefficient (Wildman–Crippen LogP) is 1.86. The van der Waals surface area contributed by atoms with E-state index in [4.69, 9.17) is 4.98 Å². The van der Waals surface area contributed by atoms with Crippen LogP contribution in [-0.4, -0.2) is 111 Å². The van der Waals surface area contributed by atoms with Crippen LogP contribution in [0.1, 0.15) is 55.3 Å². The van der Waals surface area contributed by atoms with Crippen LogP contribution in [0.4, 0.5) is 11.5 Å². The summed E-state index contributed by atoms with van der Waals surface area (Å²) in [4.78, 5) is 47.8. The Morgan fingerprint density at radius 3 is 2.57 bits per heavy atom.